The largest absolute Gasteiger partial charge is 0.485 e. The van der Waals surface area contributed by atoms with E-state index in [1.807, 2.05) is 31.2 Å². The van der Waals surface area contributed by atoms with Crippen molar-refractivity contribution in [3.05, 3.63) is 64.4 Å². The average molecular weight is 317 g/mol. The summed E-state index contributed by atoms with van der Waals surface area (Å²) in [4.78, 5) is 9.69. The zero-order chi connectivity index (χ0) is 14.7. The molecule has 3 nitrogen and oxygen atoms in total. The fourth-order valence-corrected chi connectivity index (χ4v) is 3.04. The van der Waals surface area contributed by atoms with E-state index in [9.17, 15) is 0 Å². The molecule has 0 unspecified atom stereocenters. The second-order valence-electron chi connectivity index (χ2n) is 4.47. The number of hydrogen-bond donors (Lipinski definition) is 0. The molecule has 0 radical (unpaired) electrons. The summed E-state index contributed by atoms with van der Waals surface area (Å²) in [7, 11) is 0. The monoisotopic (exact) mass is 316 g/mol. The van der Waals surface area contributed by atoms with Crippen LogP contribution in [0.4, 0.5) is 0 Å². The summed E-state index contributed by atoms with van der Waals surface area (Å²) >= 11 is 7.62. The Balaban J connectivity index is 1.78. The van der Waals surface area contributed by atoms with Gasteiger partial charge in [0.25, 0.3) is 0 Å². The highest BCUT2D eigenvalue weighted by atomic mass is 35.5. The minimum Gasteiger partial charge on any atom is -0.485 e. The van der Waals surface area contributed by atoms with E-state index in [2.05, 4.69) is 22.1 Å². The van der Waals surface area contributed by atoms with Gasteiger partial charge >= 0.3 is 0 Å². The Morgan fingerprint density at radius 1 is 1.14 bits per heavy atom. The highest BCUT2D eigenvalue weighted by Gasteiger charge is 2.10. The van der Waals surface area contributed by atoms with Crippen LogP contribution in [0.1, 0.15) is 10.6 Å². The lowest BCUT2D eigenvalue weighted by Crippen LogP contribution is -1.96. The molecule has 0 saturated heterocycles. The van der Waals surface area contributed by atoms with Crippen LogP contribution in [0.5, 0.6) is 5.75 Å². The third kappa shape index (κ3) is 3.23. The molecule has 21 heavy (non-hydrogen) atoms. The first-order valence-electron chi connectivity index (χ1n) is 6.49. The van der Waals surface area contributed by atoms with E-state index in [4.69, 9.17) is 16.3 Å². The van der Waals surface area contributed by atoms with Crippen LogP contribution in [-0.2, 0) is 6.61 Å². The predicted molar refractivity (Wildman–Crippen MR) is 85.9 cm³/mol. The van der Waals surface area contributed by atoms with Crippen molar-refractivity contribution in [3.8, 4) is 16.3 Å². The molecule has 3 aromatic rings. The Morgan fingerprint density at radius 2 is 1.95 bits per heavy atom. The molecule has 0 N–H and O–H groups in total. The van der Waals surface area contributed by atoms with Gasteiger partial charge in [-0.3, -0.25) is 0 Å². The molecule has 5 heteroatoms. The Bertz CT molecular complexity index is 743. The first-order valence-corrected chi connectivity index (χ1v) is 7.68. The van der Waals surface area contributed by atoms with Crippen LogP contribution in [0, 0.1) is 6.92 Å². The molecule has 106 valence electrons. The second kappa shape index (κ2) is 6.24. The van der Waals surface area contributed by atoms with E-state index in [1.54, 1.807) is 23.6 Å². The van der Waals surface area contributed by atoms with Gasteiger partial charge in [-0.15, -0.1) is 11.3 Å². The van der Waals surface area contributed by atoms with Crippen molar-refractivity contribution in [2.75, 3.05) is 0 Å². The van der Waals surface area contributed by atoms with Crippen LogP contribution in [0.3, 0.4) is 0 Å². The van der Waals surface area contributed by atoms with Crippen LogP contribution in [0.2, 0.25) is 5.15 Å². The molecular weight excluding hydrogens is 304 g/mol. The van der Waals surface area contributed by atoms with Gasteiger partial charge in [0.15, 0.2) is 10.9 Å². The smallest absolute Gasteiger partial charge is 0.171 e. The maximum absolute atomic E-state index is 5.98. The fourth-order valence-electron chi connectivity index (χ4n) is 1.89. The van der Waals surface area contributed by atoms with Crippen LogP contribution in [-0.4, -0.2) is 9.97 Å². The molecule has 0 atom stereocenters. The van der Waals surface area contributed by atoms with Crippen LogP contribution < -0.4 is 4.74 Å². The van der Waals surface area contributed by atoms with E-state index < -0.39 is 0 Å². The second-order valence-corrected chi connectivity index (χ2v) is 5.92. The van der Waals surface area contributed by atoms with E-state index in [0.717, 1.165) is 21.1 Å². The number of thiazole rings is 1. The molecule has 0 amide bonds. The molecule has 0 fully saturated rings. The number of halogens is 1. The quantitative estimate of drug-likeness (QED) is 0.652. The first kappa shape index (κ1) is 14.0. The van der Waals surface area contributed by atoms with Gasteiger partial charge in [-0.05, 0) is 19.1 Å². The molecule has 2 heterocycles. The van der Waals surface area contributed by atoms with E-state index >= 15 is 0 Å². The van der Waals surface area contributed by atoms with Gasteiger partial charge in [-0.25, -0.2) is 9.97 Å². The van der Waals surface area contributed by atoms with Crippen LogP contribution in [0.15, 0.2) is 48.7 Å². The van der Waals surface area contributed by atoms with Gasteiger partial charge in [0.2, 0.25) is 0 Å². The van der Waals surface area contributed by atoms with Crippen molar-refractivity contribution in [2.24, 2.45) is 0 Å². The Morgan fingerprint density at radius 3 is 2.71 bits per heavy atom. The van der Waals surface area contributed by atoms with Crippen molar-refractivity contribution >= 4 is 22.9 Å². The molecule has 0 aliphatic carbocycles. The van der Waals surface area contributed by atoms with Gasteiger partial charge in [0.1, 0.15) is 11.6 Å². The SMILES string of the molecule is Cc1nc(-c2ccccc2)sc1COc1cccnc1Cl. The summed E-state index contributed by atoms with van der Waals surface area (Å²) in [5, 5.41) is 1.38. The normalized spacial score (nSPS) is 10.6. The van der Waals surface area contributed by atoms with Gasteiger partial charge in [-0.2, -0.15) is 0 Å². The molecule has 0 aliphatic heterocycles. The first-order chi connectivity index (χ1) is 10.2. The maximum atomic E-state index is 5.98. The fraction of sp³-hybridized carbons (Fsp3) is 0.125. The standard InChI is InChI=1S/C16H13ClN2OS/c1-11-14(10-20-13-8-5-9-18-15(13)17)21-16(19-11)12-6-3-2-4-7-12/h2-9H,10H2,1H3. The molecule has 0 saturated carbocycles. The molecular formula is C16H13ClN2OS. The third-order valence-corrected chi connectivity index (χ3v) is 4.46. The minimum absolute atomic E-state index is 0.378. The van der Waals surface area contributed by atoms with E-state index in [-0.39, 0.29) is 0 Å². The highest BCUT2D eigenvalue weighted by molar-refractivity contribution is 7.15. The van der Waals surface area contributed by atoms with Crippen LogP contribution >= 0.6 is 22.9 Å². The van der Waals surface area contributed by atoms with Gasteiger partial charge < -0.3 is 4.74 Å². The summed E-state index contributed by atoms with van der Waals surface area (Å²) < 4.78 is 5.73. The average Bonchev–Trinajstić information content (AvgIpc) is 2.89. The highest BCUT2D eigenvalue weighted by Crippen LogP contribution is 2.29. The molecule has 1 aromatic carbocycles. The summed E-state index contributed by atoms with van der Waals surface area (Å²) in [6, 6.07) is 13.7. The number of aryl methyl sites for hydroxylation is 1. The van der Waals surface area contributed by atoms with Crippen molar-refractivity contribution in [3.63, 3.8) is 0 Å². The van der Waals surface area contributed by atoms with Crippen LogP contribution in [0.25, 0.3) is 10.6 Å². The van der Waals surface area contributed by atoms with E-state index in [0.29, 0.717) is 17.5 Å². The number of aromatic nitrogens is 2. The number of pyridine rings is 1. The van der Waals surface area contributed by atoms with Gasteiger partial charge in [0.05, 0.1) is 10.6 Å². The number of benzene rings is 1. The Labute approximate surface area is 132 Å². The van der Waals surface area contributed by atoms with Crippen molar-refractivity contribution < 1.29 is 4.74 Å². The topological polar surface area (TPSA) is 35.0 Å². The van der Waals surface area contributed by atoms with Crippen molar-refractivity contribution in [2.45, 2.75) is 13.5 Å². The third-order valence-electron chi connectivity index (χ3n) is 3.00. The number of ether oxygens (including phenoxy) is 1. The molecule has 2 aromatic heterocycles. The summed E-state index contributed by atoms with van der Waals surface area (Å²) in [5.74, 6) is 0.591. The molecule has 0 spiro atoms. The molecule has 0 bridgehead atoms. The number of nitrogens with zero attached hydrogens (tertiary/aromatic N) is 2. The Hall–Kier alpha value is -1.91. The maximum Gasteiger partial charge on any atom is 0.171 e. The zero-order valence-corrected chi connectivity index (χ0v) is 13.0. The lowest BCUT2D eigenvalue weighted by Gasteiger charge is -2.05. The predicted octanol–water partition coefficient (Wildman–Crippen LogP) is 4.75. The van der Waals surface area contributed by atoms with Crippen molar-refractivity contribution in [1.29, 1.82) is 0 Å². The lowest BCUT2D eigenvalue weighted by atomic mass is 10.2. The van der Waals surface area contributed by atoms with Crippen molar-refractivity contribution in [1.82, 2.24) is 9.97 Å². The summed E-state index contributed by atoms with van der Waals surface area (Å²) in [6.45, 7) is 2.44. The number of hydrogen-bond acceptors (Lipinski definition) is 4. The zero-order valence-electron chi connectivity index (χ0n) is 11.4. The van der Waals surface area contributed by atoms with Gasteiger partial charge in [0, 0.05) is 11.8 Å². The molecule has 3 rings (SSSR count). The van der Waals surface area contributed by atoms with Gasteiger partial charge in [-0.1, -0.05) is 41.9 Å². The lowest BCUT2D eigenvalue weighted by molar-refractivity contribution is 0.308. The molecule has 0 aliphatic rings. The Kier molecular flexibility index (Phi) is 4.18. The van der Waals surface area contributed by atoms with E-state index in [1.165, 1.54) is 0 Å². The summed E-state index contributed by atoms with van der Waals surface area (Å²) in [5.41, 5.74) is 2.11. The summed E-state index contributed by atoms with van der Waals surface area (Å²) in [6.07, 6.45) is 1.64. The number of rotatable bonds is 4. The minimum atomic E-state index is 0.378.